The van der Waals surface area contributed by atoms with Gasteiger partial charge in [0.25, 0.3) is 0 Å². The van der Waals surface area contributed by atoms with Gasteiger partial charge in [0.15, 0.2) is 0 Å². The van der Waals surface area contributed by atoms with Crippen molar-refractivity contribution in [2.45, 2.75) is 32.5 Å². The summed E-state index contributed by atoms with van der Waals surface area (Å²) in [5.74, 6) is -0.229. The van der Waals surface area contributed by atoms with E-state index in [2.05, 4.69) is 15.6 Å². The number of aryl methyl sites for hydroxylation is 1. The van der Waals surface area contributed by atoms with Crippen molar-refractivity contribution in [3.8, 4) is 0 Å². The lowest BCUT2D eigenvalue weighted by molar-refractivity contribution is 0.276. The highest BCUT2D eigenvalue weighted by atomic mass is 19.1. The van der Waals surface area contributed by atoms with Gasteiger partial charge in [-0.2, -0.15) is 0 Å². The highest BCUT2D eigenvalue weighted by molar-refractivity contribution is 5.19. The fourth-order valence-corrected chi connectivity index (χ4v) is 1.89. The van der Waals surface area contributed by atoms with Crippen LogP contribution in [0.3, 0.4) is 0 Å². The molecule has 0 saturated heterocycles. The lowest BCUT2D eigenvalue weighted by atomic mass is 10.1. The monoisotopic (exact) mass is 278 g/mol. The standard InChI is InChI=1S/C14H19FN4O/c1-11(12-3-5-13(15)6-4-12)16-9-14-10-19(18-17-14)7-2-8-20/h3-6,10-11,16,20H,2,7-9H2,1H3/t11-/m1/s1. The average molecular weight is 278 g/mol. The van der Waals surface area contributed by atoms with Crippen molar-refractivity contribution in [3.05, 3.63) is 47.5 Å². The third-order valence-electron chi connectivity index (χ3n) is 3.09. The molecule has 2 aromatic rings. The Morgan fingerprint density at radius 3 is 2.80 bits per heavy atom. The van der Waals surface area contributed by atoms with Crippen molar-refractivity contribution < 1.29 is 9.50 Å². The number of halogens is 1. The van der Waals surface area contributed by atoms with Crippen LogP contribution in [0.1, 0.15) is 30.6 Å². The van der Waals surface area contributed by atoms with Crippen LogP contribution in [0.2, 0.25) is 0 Å². The SMILES string of the molecule is C[C@@H](NCc1cn(CCCO)nn1)c1ccc(F)cc1. The van der Waals surface area contributed by atoms with Gasteiger partial charge in [-0.1, -0.05) is 17.3 Å². The molecule has 0 saturated carbocycles. The van der Waals surface area contributed by atoms with Crippen molar-refractivity contribution in [1.29, 1.82) is 0 Å². The van der Waals surface area contributed by atoms with Gasteiger partial charge in [-0.3, -0.25) is 4.68 Å². The zero-order valence-corrected chi connectivity index (χ0v) is 11.5. The number of benzene rings is 1. The molecule has 0 fully saturated rings. The maximum atomic E-state index is 12.8. The molecule has 1 atom stereocenters. The Balaban J connectivity index is 1.85. The molecular formula is C14H19FN4O. The maximum Gasteiger partial charge on any atom is 0.123 e. The molecule has 108 valence electrons. The van der Waals surface area contributed by atoms with Crippen molar-refractivity contribution in [2.24, 2.45) is 0 Å². The van der Waals surface area contributed by atoms with Crippen LogP contribution in [0.25, 0.3) is 0 Å². The van der Waals surface area contributed by atoms with Gasteiger partial charge in [0.1, 0.15) is 5.82 Å². The molecule has 0 amide bonds. The van der Waals surface area contributed by atoms with E-state index in [1.807, 2.05) is 13.1 Å². The van der Waals surface area contributed by atoms with E-state index in [-0.39, 0.29) is 18.5 Å². The van der Waals surface area contributed by atoms with Crippen LogP contribution >= 0.6 is 0 Å². The minimum Gasteiger partial charge on any atom is -0.396 e. The highest BCUT2D eigenvalue weighted by Crippen LogP contribution is 2.13. The number of aromatic nitrogens is 3. The summed E-state index contributed by atoms with van der Waals surface area (Å²) >= 11 is 0. The number of aliphatic hydroxyl groups excluding tert-OH is 1. The molecule has 0 spiro atoms. The Bertz CT molecular complexity index is 526. The lowest BCUT2D eigenvalue weighted by Crippen LogP contribution is -2.18. The van der Waals surface area contributed by atoms with E-state index < -0.39 is 0 Å². The second-order valence-corrected chi connectivity index (χ2v) is 4.70. The Morgan fingerprint density at radius 1 is 1.35 bits per heavy atom. The molecule has 2 rings (SSSR count). The first-order valence-electron chi connectivity index (χ1n) is 6.68. The number of nitrogens with one attached hydrogen (secondary N) is 1. The normalized spacial score (nSPS) is 12.6. The van der Waals surface area contributed by atoms with Gasteiger partial charge >= 0.3 is 0 Å². The minimum atomic E-state index is -0.229. The molecule has 6 heteroatoms. The van der Waals surface area contributed by atoms with E-state index >= 15 is 0 Å². The fourth-order valence-electron chi connectivity index (χ4n) is 1.89. The summed E-state index contributed by atoms with van der Waals surface area (Å²) in [5, 5.41) is 20.1. The van der Waals surface area contributed by atoms with Gasteiger partial charge in [0, 0.05) is 31.9 Å². The molecule has 2 N–H and O–H groups in total. The second kappa shape index (κ2) is 7.12. The van der Waals surface area contributed by atoms with Crippen molar-refractivity contribution >= 4 is 0 Å². The third-order valence-corrected chi connectivity index (χ3v) is 3.09. The molecule has 0 aliphatic carbocycles. The van der Waals surface area contributed by atoms with E-state index in [0.717, 1.165) is 11.3 Å². The van der Waals surface area contributed by atoms with Crippen molar-refractivity contribution in [1.82, 2.24) is 20.3 Å². The lowest BCUT2D eigenvalue weighted by Gasteiger charge is -2.12. The molecule has 1 heterocycles. The number of aliphatic hydroxyl groups is 1. The summed E-state index contributed by atoms with van der Waals surface area (Å²) < 4.78 is 14.6. The van der Waals surface area contributed by atoms with E-state index in [9.17, 15) is 4.39 Å². The predicted octanol–water partition coefficient (Wildman–Crippen LogP) is 1.65. The molecule has 1 aromatic carbocycles. The Kier molecular flexibility index (Phi) is 5.20. The van der Waals surface area contributed by atoms with Crippen LogP contribution in [0.5, 0.6) is 0 Å². The van der Waals surface area contributed by atoms with Crippen LogP contribution in [0.15, 0.2) is 30.5 Å². The molecule has 20 heavy (non-hydrogen) atoms. The summed E-state index contributed by atoms with van der Waals surface area (Å²) in [5.41, 5.74) is 1.87. The summed E-state index contributed by atoms with van der Waals surface area (Å²) in [6.45, 7) is 3.42. The average Bonchev–Trinajstić information content (AvgIpc) is 2.91. The van der Waals surface area contributed by atoms with Gasteiger partial charge in [-0.15, -0.1) is 5.10 Å². The smallest absolute Gasteiger partial charge is 0.123 e. The molecule has 0 aliphatic heterocycles. The summed E-state index contributed by atoms with van der Waals surface area (Å²) in [6, 6.07) is 6.56. The summed E-state index contributed by atoms with van der Waals surface area (Å²) in [6.07, 6.45) is 2.53. The minimum absolute atomic E-state index is 0.109. The topological polar surface area (TPSA) is 63.0 Å². The van der Waals surface area contributed by atoms with Crippen LogP contribution in [0.4, 0.5) is 4.39 Å². The van der Waals surface area contributed by atoms with E-state index in [4.69, 9.17) is 5.11 Å². The first-order valence-corrected chi connectivity index (χ1v) is 6.68. The molecule has 0 radical (unpaired) electrons. The Morgan fingerprint density at radius 2 is 2.10 bits per heavy atom. The molecular weight excluding hydrogens is 259 g/mol. The summed E-state index contributed by atoms with van der Waals surface area (Å²) in [4.78, 5) is 0. The quantitative estimate of drug-likeness (QED) is 0.808. The summed E-state index contributed by atoms with van der Waals surface area (Å²) in [7, 11) is 0. The molecule has 1 aromatic heterocycles. The number of nitrogens with zero attached hydrogens (tertiary/aromatic N) is 3. The van der Waals surface area contributed by atoms with Crippen molar-refractivity contribution in [2.75, 3.05) is 6.61 Å². The van der Waals surface area contributed by atoms with E-state index in [1.165, 1.54) is 12.1 Å². The van der Waals surface area contributed by atoms with Crippen LogP contribution in [-0.4, -0.2) is 26.7 Å². The predicted molar refractivity (Wildman–Crippen MR) is 73.4 cm³/mol. The first kappa shape index (κ1) is 14.6. The van der Waals surface area contributed by atoms with Gasteiger partial charge in [0.05, 0.1) is 5.69 Å². The molecule has 0 unspecified atom stereocenters. The first-order chi connectivity index (χ1) is 9.69. The zero-order chi connectivity index (χ0) is 14.4. The van der Waals surface area contributed by atoms with Gasteiger partial charge in [-0.05, 0) is 31.0 Å². The van der Waals surface area contributed by atoms with Gasteiger partial charge in [-0.25, -0.2) is 4.39 Å². The molecule has 5 nitrogen and oxygen atoms in total. The second-order valence-electron chi connectivity index (χ2n) is 4.70. The maximum absolute atomic E-state index is 12.8. The van der Waals surface area contributed by atoms with Crippen LogP contribution in [0, 0.1) is 5.82 Å². The van der Waals surface area contributed by atoms with Crippen molar-refractivity contribution in [3.63, 3.8) is 0 Å². The van der Waals surface area contributed by atoms with Crippen LogP contribution < -0.4 is 5.32 Å². The number of hydrogen-bond donors (Lipinski definition) is 2. The van der Waals surface area contributed by atoms with Gasteiger partial charge in [0.2, 0.25) is 0 Å². The van der Waals surface area contributed by atoms with E-state index in [0.29, 0.717) is 19.5 Å². The highest BCUT2D eigenvalue weighted by Gasteiger charge is 2.07. The Hall–Kier alpha value is -1.79. The fraction of sp³-hybridized carbons (Fsp3) is 0.429. The number of hydrogen-bond acceptors (Lipinski definition) is 4. The third kappa shape index (κ3) is 4.11. The largest absolute Gasteiger partial charge is 0.396 e. The van der Waals surface area contributed by atoms with Crippen LogP contribution in [-0.2, 0) is 13.1 Å². The van der Waals surface area contributed by atoms with Gasteiger partial charge < -0.3 is 10.4 Å². The zero-order valence-electron chi connectivity index (χ0n) is 11.5. The molecule has 0 aliphatic rings. The molecule has 0 bridgehead atoms. The number of rotatable bonds is 7. The Labute approximate surface area is 117 Å². The van der Waals surface area contributed by atoms with E-state index in [1.54, 1.807) is 16.8 Å².